The zero-order valence-corrected chi connectivity index (χ0v) is 15.0. The van der Waals surface area contributed by atoms with E-state index in [2.05, 4.69) is 41.4 Å². The summed E-state index contributed by atoms with van der Waals surface area (Å²) in [7, 11) is 1.67. The van der Waals surface area contributed by atoms with E-state index in [4.69, 9.17) is 4.74 Å². The van der Waals surface area contributed by atoms with Gasteiger partial charge in [0.25, 0.3) is 0 Å². The maximum Gasteiger partial charge on any atom is 0.238 e. The minimum absolute atomic E-state index is 0.0460. The Labute approximate surface area is 149 Å². The van der Waals surface area contributed by atoms with E-state index in [-0.39, 0.29) is 5.91 Å². The first kappa shape index (κ1) is 17.5. The van der Waals surface area contributed by atoms with Gasteiger partial charge in [-0.15, -0.1) is 0 Å². The molecule has 1 aliphatic rings. The highest BCUT2D eigenvalue weighted by Gasteiger charge is 2.30. The summed E-state index contributed by atoms with van der Waals surface area (Å²) in [5.74, 6) is 0.902. The molecule has 1 N–H and O–H groups in total. The number of carbonyl (C=O) groups excluding carboxylic acids is 1. The molecule has 1 saturated carbocycles. The van der Waals surface area contributed by atoms with Gasteiger partial charge < -0.3 is 10.1 Å². The molecule has 3 rings (SSSR count). The maximum absolute atomic E-state index is 12.4. The number of nitrogens with one attached hydrogen (secondary N) is 1. The zero-order valence-electron chi connectivity index (χ0n) is 15.0. The lowest BCUT2D eigenvalue weighted by Crippen LogP contribution is -2.34. The van der Waals surface area contributed by atoms with Crippen LogP contribution >= 0.6 is 0 Å². The van der Waals surface area contributed by atoms with Crippen LogP contribution in [0.1, 0.15) is 30.9 Å². The molecule has 1 aliphatic carbocycles. The monoisotopic (exact) mass is 338 g/mol. The number of rotatable bonds is 8. The second-order valence-corrected chi connectivity index (χ2v) is 6.58. The number of hydrogen-bond donors (Lipinski definition) is 1. The van der Waals surface area contributed by atoms with E-state index >= 15 is 0 Å². The van der Waals surface area contributed by atoms with E-state index in [1.165, 1.54) is 24.0 Å². The fourth-order valence-corrected chi connectivity index (χ4v) is 2.93. The van der Waals surface area contributed by atoms with Gasteiger partial charge >= 0.3 is 0 Å². The first-order chi connectivity index (χ1) is 12.2. The number of amides is 1. The summed E-state index contributed by atoms with van der Waals surface area (Å²) in [6.45, 7) is 3.34. The lowest BCUT2D eigenvalue weighted by Gasteiger charge is -2.21. The van der Waals surface area contributed by atoms with E-state index in [1.807, 2.05) is 24.3 Å². The summed E-state index contributed by atoms with van der Waals surface area (Å²) < 4.78 is 5.20. The van der Waals surface area contributed by atoms with Crippen LogP contribution in [0.5, 0.6) is 5.75 Å². The van der Waals surface area contributed by atoms with E-state index in [0.717, 1.165) is 24.4 Å². The number of methoxy groups -OCH3 is 1. The molecular weight excluding hydrogens is 312 g/mol. The van der Waals surface area contributed by atoms with Crippen molar-refractivity contribution in [3.63, 3.8) is 0 Å². The van der Waals surface area contributed by atoms with Crippen LogP contribution < -0.4 is 10.1 Å². The van der Waals surface area contributed by atoms with Crippen LogP contribution in [-0.2, 0) is 17.8 Å². The zero-order chi connectivity index (χ0) is 17.6. The third-order valence-electron chi connectivity index (χ3n) is 4.60. The van der Waals surface area contributed by atoms with E-state index in [1.54, 1.807) is 7.11 Å². The quantitative estimate of drug-likeness (QED) is 0.795. The van der Waals surface area contributed by atoms with Crippen molar-refractivity contribution >= 4 is 11.6 Å². The number of aryl methyl sites for hydroxylation is 1. The van der Waals surface area contributed by atoms with Crippen LogP contribution in [-0.4, -0.2) is 30.5 Å². The predicted molar refractivity (Wildman–Crippen MR) is 101 cm³/mol. The van der Waals surface area contributed by atoms with Gasteiger partial charge in [0, 0.05) is 18.3 Å². The molecule has 0 aromatic heterocycles. The summed E-state index contributed by atoms with van der Waals surface area (Å²) in [6.07, 6.45) is 3.36. The number of carbonyl (C=O) groups is 1. The van der Waals surface area contributed by atoms with Crippen LogP contribution in [0, 0.1) is 0 Å². The molecule has 4 nitrogen and oxygen atoms in total. The van der Waals surface area contributed by atoms with Crippen molar-refractivity contribution < 1.29 is 9.53 Å². The standard InChI is InChI=1S/C21H26N2O2/c1-3-16-4-8-18(9-5-16)22-21(24)15-23(19-10-11-19)14-17-6-12-20(25-2)13-7-17/h4-9,12-13,19H,3,10-11,14-15H2,1-2H3,(H,22,24). The summed E-state index contributed by atoms with van der Waals surface area (Å²) in [5, 5.41) is 3.01. The minimum atomic E-state index is 0.0460. The Balaban J connectivity index is 1.57. The van der Waals surface area contributed by atoms with E-state index in [9.17, 15) is 4.79 Å². The molecular formula is C21H26N2O2. The molecule has 0 spiro atoms. The van der Waals surface area contributed by atoms with Gasteiger partial charge in [-0.1, -0.05) is 31.2 Å². The lowest BCUT2D eigenvalue weighted by atomic mass is 10.1. The molecule has 0 bridgehead atoms. The third kappa shape index (κ3) is 5.07. The number of ether oxygens (including phenoxy) is 1. The Morgan fingerprint density at radius 1 is 1.08 bits per heavy atom. The van der Waals surface area contributed by atoms with Crippen molar-refractivity contribution in [2.45, 2.75) is 38.8 Å². The number of benzene rings is 2. The molecule has 0 unspecified atom stereocenters. The lowest BCUT2D eigenvalue weighted by molar-refractivity contribution is -0.117. The van der Waals surface area contributed by atoms with Gasteiger partial charge in [-0.2, -0.15) is 0 Å². The highest BCUT2D eigenvalue weighted by atomic mass is 16.5. The molecule has 0 heterocycles. The highest BCUT2D eigenvalue weighted by Crippen LogP contribution is 2.28. The van der Waals surface area contributed by atoms with Crippen molar-refractivity contribution in [2.75, 3.05) is 19.0 Å². The number of hydrogen-bond acceptors (Lipinski definition) is 3. The van der Waals surface area contributed by atoms with Crippen molar-refractivity contribution in [3.05, 3.63) is 59.7 Å². The molecule has 0 atom stereocenters. The molecule has 1 fully saturated rings. The first-order valence-corrected chi connectivity index (χ1v) is 8.93. The van der Waals surface area contributed by atoms with E-state index < -0.39 is 0 Å². The SMILES string of the molecule is CCc1ccc(NC(=O)CN(Cc2ccc(OC)cc2)C2CC2)cc1. The predicted octanol–water partition coefficient (Wildman–Crippen LogP) is 3.86. The highest BCUT2D eigenvalue weighted by molar-refractivity contribution is 5.92. The second-order valence-electron chi connectivity index (χ2n) is 6.58. The summed E-state index contributed by atoms with van der Waals surface area (Å²) >= 11 is 0. The van der Waals surface area contributed by atoms with Gasteiger partial charge in [-0.25, -0.2) is 0 Å². The van der Waals surface area contributed by atoms with Crippen molar-refractivity contribution in [3.8, 4) is 5.75 Å². The second kappa shape index (κ2) is 8.17. The normalized spacial score (nSPS) is 13.7. The molecule has 2 aromatic carbocycles. The average Bonchev–Trinajstić information content (AvgIpc) is 3.47. The number of nitrogens with zero attached hydrogens (tertiary/aromatic N) is 1. The van der Waals surface area contributed by atoms with Crippen LogP contribution in [0.4, 0.5) is 5.69 Å². The van der Waals surface area contributed by atoms with Crippen LogP contribution in [0.25, 0.3) is 0 Å². The van der Waals surface area contributed by atoms with E-state index in [0.29, 0.717) is 12.6 Å². The molecule has 4 heteroatoms. The molecule has 0 aliphatic heterocycles. The Morgan fingerprint density at radius 2 is 1.72 bits per heavy atom. The summed E-state index contributed by atoms with van der Waals surface area (Å²) in [5.41, 5.74) is 3.34. The molecule has 132 valence electrons. The van der Waals surface area contributed by atoms with Crippen LogP contribution in [0.3, 0.4) is 0 Å². The van der Waals surface area contributed by atoms with Gasteiger partial charge in [-0.05, 0) is 54.7 Å². The molecule has 1 amide bonds. The van der Waals surface area contributed by atoms with Crippen LogP contribution in [0.15, 0.2) is 48.5 Å². The molecule has 2 aromatic rings. The first-order valence-electron chi connectivity index (χ1n) is 8.93. The van der Waals surface area contributed by atoms with Gasteiger partial charge in [0.2, 0.25) is 5.91 Å². The Hall–Kier alpha value is -2.33. The van der Waals surface area contributed by atoms with Crippen molar-refractivity contribution in [1.82, 2.24) is 4.90 Å². The fourth-order valence-electron chi connectivity index (χ4n) is 2.93. The van der Waals surface area contributed by atoms with Crippen molar-refractivity contribution in [2.24, 2.45) is 0 Å². The smallest absolute Gasteiger partial charge is 0.238 e. The maximum atomic E-state index is 12.4. The van der Waals surface area contributed by atoms with Gasteiger partial charge in [0.1, 0.15) is 5.75 Å². The summed E-state index contributed by atoms with van der Waals surface area (Å²) in [4.78, 5) is 14.7. The molecule has 0 saturated heterocycles. The molecule has 0 radical (unpaired) electrons. The Kier molecular flexibility index (Phi) is 5.71. The Morgan fingerprint density at radius 3 is 2.28 bits per heavy atom. The summed E-state index contributed by atoms with van der Waals surface area (Å²) in [6, 6.07) is 16.7. The van der Waals surface area contributed by atoms with Gasteiger partial charge in [-0.3, -0.25) is 9.69 Å². The number of anilines is 1. The topological polar surface area (TPSA) is 41.6 Å². The van der Waals surface area contributed by atoms with Crippen molar-refractivity contribution in [1.29, 1.82) is 0 Å². The van der Waals surface area contributed by atoms with Crippen LogP contribution in [0.2, 0.25) is 0 Å². The minimum Gasteiger partial charge on any atom is -0.497 e. The third-order valence-corrected chi connectivity index (χ3v) is 4.60. The fraction of sp³-hybridized carbons (Fsp3) is 0.381. The van der Waals surface area contributed by atoms with Gasteiger partial charge in [0.05, 0.1) is 13.7 Å². The largest absolute Gasteiger partial charge is 0.497 e. The van der Waals surface area contributed by atoms with Gasteiger partial charge in [0.15, 0.2) is 0 Å². The Bertz CT molecular complexity index is 691. The average molecular weight is 338 g/mol. The molecule has 25 heavy (non-hydrogen) atoms.